The second-order valence-corrected chi connectivity index (χ2v) is 6.46. The predicted octanol–water partition coefficient (Wildman–Crippen LogP) is 4.62. The average Bonchev–Trinajstić information content (AvgIpc) is 3.12. The molecule has 0 aliphatic carbocycles. The number of fused-ring (bicyclic) bond motifs is 1. The van der Waals surface area contributed by atoms with E-state index in [0.29, 0.717) is 6.61 Å². The predicted molar refractivity (Wildman–Crippen MR) is 99.3 cm³/mol. The molecular formula is C21H24FNO2. The van der Waals surface area contributed by atoms with E-state index < -0.39 is 0 Å². The quantitative estimate of drug-likeness (QED) is 0.793. The summed E-state index contributed by atoms with van der Waals surface area (Å²) >= 11 is 0. The highest BCUT2D eigenvalue weighted by atomic mass is 19.1. The zero-order valence-corrected chi connectivity index (χ0v) is 14.6. The number of hydrogen-bond acceptors (Lipinski definition) is 3. The maximum atomic E-state index is 13.5. The summed E-state index contributed by atoms with van der Waals surface area (Å²) in [5, 5.41) is 9.91. The lowest BCUT2D eigenvalue weighted by molar-refractivity contribution is 0.308. The molecule has 0 bridgehead atoms. The lowest BCUT2D eigenvalue weighted by atomic mass is 9.90. The molecule has 3 nitrogen and oxygen atoms in total. The van der Waals surface area contributed by atoms with E-state index >= 15 is 0 Å². The molecule has 0 spiro atoms. The number of phenols is 1. The van der Waals surface area contributed by atoms with Crippen LogP contribution >= 0.6 is 0 Å². The third kappa shape index (κ3) is 4.02. The Bertz CT molecular complexity index is 755. The van der Waals surface area contributed by atoms with Crippen molar-refractivity contribution in [3.05, 3.63) is 65.5 Å². The van der Waals surface area contributed by atoms with Gasteiger partial charge < -0.3 is 9.84 Å². The fraction of sp³-hybridized carbons (Fsp3) is 0.333. The fourth-order valence-corrected chi connectivity index (χ4v) is 3.36. The Morgan fingerprint density at radius 1 is 1.32 bits per heavy atom. The van der Waals surface area contributed by atoms with Gasteiger partial charge in [0.15, 0.2) is 0 Å². The summed E-state index contributed by atoms with van der Waals surface area (Å²) in [6, 6.07) is 5.07. The average molecular weight is 341 g/mol. The van der Waals surface area contributed by atoms with Crippen molar-refractivity contribution in [1.82, 2.24) is 4.90 Å². The lowest BCUT2D eigenvalue weighted by Gasteiger charge is -2.27. The van der Waals surface area contributed by atoms with Crippen molar-refractivity contribution in [3.63, 3.8) is 0 Å². The zero-order valence-electron chi connectivity index (χ0n) is 14.6. The van der Waals surface area contributed by atoms with Crippen LogP contribution in [-0.2, 0) is 0 Å². The highest BCUT2D eigenvalue weighted by Gasteiger charge is 2.24. The largest absolute Gasteiger partial charge is 0.508 e. The summed E-state index contributed by atoms with van der Waals surface area (Å²) in [5.74, 6) is 0.601. The molecule has 0 atom stereocenters. The maximum absolute atomic E-state index is 13.5. The van der Waals surface area contributed by atoms with Gasteiger partial charge in [-0.25, -0.2) is 4.39 Å². The first-order valence-corrected chi connectivity index (χ1v) is 8.68. The Labute approximate surface area is 148 Å². The van der Waals surface area contributed by atoms with E-state index in [9.17, 15) is 9.50 Å². The summed E-state index contributed by atoms with van der Waals surface area (Å²) < 4.78 is 19.4. The van der Waals surface area contributed by atoms with Crippen LogP contribution in [0.5, 0.6) is 11.5 Å². The number of phenolic OH excluding ortho intramolecular Hbond substituents is 1. The summed E-state index contributed by atoms with van der Waals surface area (Å²) in [6.45, 7) is 9.26. The van der Waals surface area contributed by atoms with E-state index in [2.05, 4.69) is 11.5 Å². The van der Waals surface area contributed by atoms with Crippen LogP contribution in [0, 0.1) is 0 Å². The van der Waals surface area contributed by atoms with Crippen LogP contribution in [-0.4, -0.2) is 36.2 Å². The second-order valence-electron chi connectivity index (χ2n) is 6.46. The molecule has 1 N–H and O–H groups in total. The first kappa shape index (κ1) is 17.5. The molecule has 1 aromatic carbocycles. The van der Waals surface area contributed by atoms with Crippen molar-refractivity contribution >= 4 is 5.57 Å². The smallest absolute Gasteiger partial charge is 0.127 e. The van der Waals surface area contributed by atoms with Crippen LogP contribution in [0.2, 0.25) is 0 Å². The topological polar surface area (TPSA) is 32.7 Å². The summed E-state index contributed by atoms with van der Waals surface area (Å²) in [7, 11) is 0. The van der Waals surface area contributed by atoms with Gasteiger partial charge in [0.25, 0.3) is 0 Å². The van der Waals surface area contributed by atoms with Crippen molar-refractivity contribution in [2.75, 3.05) is 26.2 Å². The Balaban J connectivity index is 2.00. The van der Waals surface area contributed by atoms with Crippen LogP contribution in [0.15, 0.2) is 60.0 Å². The van der Waals surface area contributed by atoms with Crippen molar-refractivity contribution in [2.45, 2.75) is 19.8 Å². The van der Waals surface area contributed by atoms with Gasteiger partial charge in [0.05, 0.1) is 0 Å². The Morgan fingerprint density at radius 2 is 2.08 bits per heavy atom. The SMILES string of the molecule is C=C(/C=C\C(F)=C/C)C1=C(CN2CCCC2)COc2ccc(O)cc21. The third-order valence-corrected chi connectivity index (χ3v) is 4.64. The highest BCUT2D eigenvalue weighted by molar-refractivity contribution is 5.88. The normalized spacial score (nSPS) is 18.6. The first-order chi connectivity index (χ1) is 12.1. The molecule has 1 fully saturated rings. The van der Waals surface area contributed by atoms with E-state index in [1.165, 1.54) is 25.0 Å². The first-order valence-electron chi connectivity index (χ1n) is 8.68. The minimum absolute atomic E-state index is 0.179. The number of nitrogens with zero attached hydrogens (tertiary/aromatic N) is 1. The molecule has 0 unspecified atom stereocenters. The van der Waals surface area contributed by atoms with Crippen molar-refractivity contribution in [3.8, 4) is 11.5 Å². The van der Waals surface area contributed by atoms with E-state index in [1.807, 2.05) is 0 Å². The van der Waals surface area contributed by atoms with E-state index in [0.717, 1.165) is 47.7 Å². The highest BCUT2D eigenvalue weighted by Crippen LogP contribution is 2.39. The molecule has 2 heterocycles. The van der Waals surface area contributed by atoms with Gasteiger partial charge >= 0.3 is 0 Å². The number of aromatic hydroxyl groups is 1. The summed E-state index contributed by atoms with van der Waals surface area (Å²) in [4.78, 5) is 2.40. The van der Waals surface area contributed by atoms with E-state index in [1.54, 1.807) is 31.2 Å². The van der Waals surface area contributed by atoms with Gasteiger partial charge in [-0.1, -0.05) is 18.7 Å². The van der Waals surface area contributed by atoms with Crippen LogP contribution in [0.1, 0.15) is 25.3 Å². The van der Waals surface area contributed by atoms with Gasteiger partial charge in [-0.3, -0.25) is 4.90 Å². The molecule has 2 aliphatic heterocycles. The Hall–Kier alpha value is -2.33. The Morgan fingerprint density at radius 3 is 2.80 bits per heavy atom. The van der Waals surface area contributed by atoms with Gasteiger partial charge in [-0.15, -0.1) is 0 Å². The van der Waals surface area contributed by atoms with E-state index in [-0.39, 0.29) is 11.6 Å². The van der Waals surface area contributed by atoms with Crippen LogP contribution in [0.3, 0.4) is 0 Å². The zero-order chi connectivity index (χ0) is 17.8. The molecule has 0 aromatic heterocycles. The molecule has 3 rings (SSSR count). The van der Waals surface area contributed by atoms with Crippen LogP contribution in [0.4, 0.5) is 4.39 Å². The number of allylic oxidation sites excluding steroid dienone is 6. The van der Waals surface area contributed by atoms with Gasteiger partial charge in [0.2, 0.25) is 0 Å². The summed E-state index contributed by atoms with van der Waals surface area (Å²) in [5.41, 5.74) is 3.61. The minimum Gasteiger partial charge on any atom is -0.508 e. The number of benzene rings is 1. The van der Waals surface area contributed by atoms with Gasteiger partial charge in [0, 0.05) is 12.1 Å². The second kappa shape index (κ2) is 7.70. The molecule has 1 aromatic rings. The van der Waals surface area contributed by atoms with Gasteiger partial charge in [-0.2, -0.15) is 0 Å². The number of rotatable bonds is 5. The third-order valence-electron chi connectivity index (χ3n) is 4.64. The molecule has 4 heteroatoms. The maximum Gasteiger partial charge on any atom is 0.127 e. The Kier molecular flexibility index (Phi) is 5.39. The number of hydrogen-bond donors (Lipinski definition) is 1. The molecular weight excluding hydrogens is 317 g/mol. The fourth-order valence-electron chi connectivity index (χ4n) is 3.36. The molecule has 0 radical (unpaired) electrons. The number of ether oxygens (including phenoxy) is 1. The van der Waals surface area contributed by atoms with Gasteiger partial charge in [0.1, 0.15) is 23.9 Å². The van der Waals surface area contributed by atoms with Gasteiger partial charge in [-0.05, 0) is 73.8 Å². The van der Waals surface area contributed by atoms with Crippen LogP contribution < -0.4 is 4.74 Å². The molecule has 132 valence electrons. The molecule has 2 aliphatic rings. The lowest BCUT2D eigenvalue weighted by Crippen LogP contribution is -2.26. The number of likely N-dealkylation sites (tertiary alicyclic amines) is 1. The van der Waals surface area contributed by atoms with Crippen molar-refractivity contribution in [1.29, 1.82) is 0 Å². The van der Waals surface area contributed by atoms with E-state index in [4.69, 9.17) is 4.74 Å². The number of halogens is 1. The molecule has 25 heavy (non-hydrogen) atoms. The van der Waals surface area contributed by atoms with Crippen molar-refractivity contribution < 1.29 is 14.2 Å². The van der Waals surface area contributed by atoms with Crippen LogP contribution in [0.25, 0.3) is 5.57 Å². The summed E-state index contributed by atoms with van der Waals surface area (Å²) in [6.07, 6.45) is 6.95. The standard InChI is InChI=1S/C21H24FNO2/c1-3-17(22)7-6-15(2)21-16(13-23-10-4-5-11-23)14-25-20-9-8-18(24)12-19(20)21/h3,6-9,12,24H,2,4-5,10-11,13-14H2,1H3/b7-6-,17-3+. The molecule has 1 saturated heterocycles. The monoisotopic (exact) mass is 341 g/mol. The minimum atomic E-state index is -0.300. The van der Waals surface area contributed by atoms with Crippen molar-refractivity contribution in [2.24, 2.45) is 0 Å². The molecule has 0 amide bonds. The molecule has 0 saturated carbocycles.